The van der Waals surface area contributed by atoms with Crippen molar-refractivity contribution in [3.05, 3.63) is 53.9 Å². The van der Waals surface area contributed by atoms with Gasteiger partial charge in [-0.1, -0.05) is 17.8 Å². The van der Waals surface area contributed by atoms with Gasteiger partial charge in [0.25, 0.3) is 0 Å². The molecule has 1 unspecified atom stereocenters. The number of benzene rings is 2. The number of nitrogens with zero attached hydrogens (tertiary/aromatic N) is 3. The van der Waals surface area contributed by atoms with Gasteiger partial charge < -0.3 is 23.5 Å². The highest BCUT2D eigenvalue weighted by molar-refractivity contribution is 7.99. The summed E-state index contributed by atoms with van der Waals surface area (Å²) in [7, 11) is 6.55. The summed E-state index contributed by atoms with van der Waals surface area (Å²) in [5, 5.41) is 9.09. The Bertz CT molecular complexity index is 1050. The number of Topliss-reactive ketones (excluding diaryl/α,β-unsaturated/α-hetero) is 1. The highest BCUT2D eigenvalue weighted by Crippen LogP contribution is 2.29. The second-order valence-electron chi connectivity index (χ2n) is 6.62. The van der Waals surface area contributed by atoms with Crippen LogP contribution in [0.15, 0.2) is 47.6 Å². The fourth-order valence-corrected chi connectivity index (χ4v) is 3.77. The molecule has 0 spiro atoms. The number of rotatable bonds is 10. The summed E-state index contributed by atoms with van der Waals surface area (Å²) in [5.74, 6) is 3.31. The Morgan fingerprint density at radius 3 is 2.45 bits per heavy atom. The lowest BCUT2D eigenvalue weighted by atomic mass is 10.1. The zero-order valence-electron chi connectivity index (χ0n) is 18.1. The lowest BCUT2D eigenvalue weighted by Gasteiger charge is -2.14. The molecule has 31 heavy (non-hydrogen) atoms. The number of ether oxygens (including phenoxy) is 4. The average Bonchev–Trinajstić information content (AvgIpc) is 3.17. The van der Waals surface area contributed by atoms with E-state index in [4.69, 9.17) is 18.9 Å². The molecule has 0 radical (unpaired) electrons. The van der Waals surface area contributed by atoms with E-state index >= 15 is 0 Å². The third-order valence-electron chi connectivity index (χ3n) is 4.62. The molecule has 0 saturated carbocycles. The Morgan fingerprint density at radius 1 is 1.00 bits per heavy atom. The number of ketones is 1. The zero-order valence-corrected chi connectivity index (χ0v) is 18.9. The number of thioether (sulfide) groups is 1. The van der Waals surface area contributed by atoms with Gasteiger partial charge in [0.15, 0.2) is 34.4 Å². The summed E-state index contributed by atoms with van der Waals surface area (Å²) in [5.41, 5.74) is 0.544. The van der Waals surface area contributed by atoms with Gasteiger partial charge in [-0.2, -0.15) is 0 Å². The van der Waals surface area contributed by atoms with Gasteiger partial charge in [0.05, 0.1) is 27.1 Å². The van der Waals surface area contributed by atoms with Crippen molar-refractivity contribution in [1.82, 2.24) is 14.8 Å². The first-order valence-electron chi connectivity index (χ1n) is 9.54. The van der Waals surface area contributed by atoms with Crippen LogP contribution in [0.5, 0.6) is 23.0 Å². The smallest absolute Gasteiger partial charge is 0.191 e. The Labute approximate surface area is 185 Å². The molecule has 1 heterocycles. The fraction of sp³-hybridized carbons (Fsp3) is 0.318. The fourth-order valence-electron chi connectivity index (χ4n) is 2.96. The van der Waals surface area contributed by atoms with Gasteiger partial charge in [0.2, 0.25) is 0 Å². The molecule has 164 valence electrons. The van der Waals surface area contributed by atoms with Crippen LogP contribution in [0.4, 0.5) is 0 Å². The van der Waals surface area contributed by atoms with E-state index in [9.17, 15) is 4.79 Å². The SMILES string of the molecule is COc1cccc(OC(C)c2nnc(SCC(=O)c3ccc(OC)c(OC)c3)n2C)c1. The van der Waals surface area contributed by atoms with Crippen molar-refractivity contribution in [2.24, 2.45) is 7.05 Å². The maximum Gasteiger partial charge on any atom is 0.191 e. The average molecular weight is 444 g/mol. The minimum Gasteiger partial charge on any atom is -0.497 e. The third-order valence-corrected chi connectivity index (χ3v) is 5.64. The number of methoxy groups -OCH3 is 3. The lowest BCUT2D eigenvalue weighted by molar-refractivity contribution is 0.102. The van der Waals surface area contributed by atoms with Crippen LogP contribution in [-0.2, 0) is 7.05 Å². The third kappa shape index (κ3) is 5.29. The van der Waals surface area contributed by atoms with Gasteiger partial charge in [0, 0.05) is 18.7 Å². The Morgan fingerprint density at radius 2 is 1.74 bits per heavy atom. The minimum absolute atomic E-state index is 0.0452. The van der Waals surface area contributed by atoms with Crippen molar-refractivity contribution >= 4 is 17.5 Å². The normalized spacial score (nSPS) is 11.6. The molecule has 0 N–H and O–H groups in total. The largest absolute Gasteiger partial charge is 0.497 e. The quantitative estimate of drug-likeness (QED) is 0.344. The molecule has 3 aromatic rings. The van der Waals surface area contributed by atoms with E-state index in [2.05, 4.69) is 10.2 Å². The molecular formula is C22H25N3O5S. The van der Waals surface area contributed by atoms with Crippen molar-refractivity contribution in [2.45, 2.75) is 18.2 Å². The second kappa shape index (κ2) is 10.2. The molecule has 0 aliphatic carbocycles. The van der Waals surface area contributed by atoms with Crippen LogP contribution in [0.25, 0.3) is 0 Å². The van der Waals surface area contributed by atoms with Gasteiger partial charge in [0.1, 0.15) is 11.5 Å². The molecule has 0 aliphatic rings. The minimum atomic E-state index is -0.333. The summed E-state index contributed by atoms with van der Waals surface area (Å²) in [6, 6.07) is 12.5. The van der Waals surface area contributed by atoms with Crippen LogP contribution in [0.3, 0.4) is 0 Å². The molecule has 1 atom stereocenters. The monoisotopic (exact) mass is 443 g/mol. The molecule has 1 aromatic heterocycles. The maximum atomic E-state index is 12.6. The summed E-state index contributed by atoms with van der Waals surface area (Å²) in [6.07, 6.45) is -0.333. The predicted octanol–water partition coefficient (Wildman–Crippen LogP) is 3.96. The van der Waals surface area contributed by atoms with Crippen LogP contribution < -0.4 is 18.9 Å². The van der Waals surface area contributed by atoms with Crippen molar-refractivity contribution in [2.75, 3.05) is 27.1 Å². The molecule has 0 amide bonds. The van der Waals surface area contributed by atoms with Crippen LogP contribution in [0.1, 0.15) is 29.2 Å². The van der Waals surface area contributed by atoms with Crippen molar-refractivity contribution < 1.29 is 23.7 Å². The maximum absolute atomic E-state index is 12.6. The first-order valence-corrected chi connectivity index (χ1v) is 10.5. The standard InChI is InChI=1S/C22H25N3O5S/c1-14(30-17-8-6-7-16(12-17)27-3)21-23-24-22(25(21)2)31-13-18(26)15-9-10-19(28-4)20(11-15)29-5/h6-12,14H,13H2,1-5H3. The summed E-state index contributed by atoms with van der Waals surface area (Å²) >= 11 is 1.32. The van der Waals surface area contributed by atoms with Crippen LogP contribution >= 0.6 is 11.8 Å². The van der Waals surface area contributed by atoms with Crippen LogP contribution in [0, 0.1) is 0 Å². The summed E-state index contributed by atoms with van der Waals surface area (Å²) in [4.78, 5) is 12.6. The molecule has 0 saturated heterocycles. The van der Waals surface area contributed by atoms with Gasteiger partial charge in [-0.15, -0.1) is 10.2 Å². The van der Waals surface area contributed by atoms with E-state index in [1.54, 1.807) is 32.4 Å². The Kier molecular flexibility index (Phi) is 7.41. The van der Waals surface area contributed by atoms with Gasteiger partial charge >= 0.3 is 0 Å². The van der Waals surface area contributed by atoms with E-state index in [0.717, 1.165) is 0 Å². The number of hydrogen-bond donors (Lipinski definition) is 0. The van der Waals surface area contributed by atoms with Crippen LogP contribution in [-0.4, -0.2) is 47.6 Å². The number of hydrogen-bond acceptors (Lipinski definition) is 8. The Balaban J connectivity index is 1.65. The van der Waals surface area contributed by atoms with Gasteiger partial charge in [-0.3, -0.25) is 4.79 Å². The first kappa shape index (κ1) is 22.5. The molecule has 3 rings (SSSR count). The number of carbonyl (C=O) groups excluding carboxylic acids is 1. The van der Waals surface area contributed by atoms with E-state index in [-0.39, 0.29) is 17.6 Å². The highest BCUT2D eigenvalue weighted by Gasteiger charge is 2.19. The summed E-state index contributed by atoms with van der Waals surface area (Å²) in [6.45, 7) is 1.90. The van der Waals surface area contributed by atoms with Gasteiger partial charge in [-0.25, -0.2) is 0 Å². The molecule has 8 nitrogen and oxygen atoms in total. The highest BCUT2D eigenvalue weighted by atomic mass is 32.2. The van der Waals surface area contributed by atoms with E-state index < -0.39 is 0 Å². The van der Waals surface area contributed by atoms with Crippen molar-refractivity contribution in [3.8, 4) is 23.0 Å². The van der Waals surface area contributed by atoms with Crippen molar-refractivity contribution in [3.63, 3.8) is 0 Å². The zero-order chi connectivity index (χ0) is 22.4. The molecule has 2 aromatic carbocycles. The Hall–Kier alpha value is -3.20. The second-order valence-corrected chi connectivity index (χ2v) is 7.56. The topological polar surface area (TPSA) is 84.7 Å². The molecule has 0 aliphatic heterocycles. The van der Waals surface area contributed by atoms with E-state index in [1.807, 2.05) is 42.8 Å². The van der Waals surface area contributed by atoms with Gasteiger partial charge in [-0.05, 0) is 37.3 Å². The first-order chi connectivity index (χ1) is 15.0. The molecule has 0 bridgehead atoms. The summed E-state index contributed by atoms with van der Waals surface area (Å²) < 4.78 is 23.5. The predicted molar refractivity (Wildman–Crippen MR) is 118 cm³/mol. The molecule has 9 heteroatoms. The number of aromatic nitrogens is 3. The number of carbonyl (C=O) groups is 1. The van der Waals surface area contributed by atoms with Crippen LogP contribution in [0.2, 0.25) is 0 Å². The molecule has 0 fully saturated rings. The van der Waals surface area contributed by atoms with E-state index in [1.165, 1.54) is 18.9 Å². The lowest BCUT2D eigenvalue weighted by Crippen LogP contribution is -2.10. The molecular weight excluding hydrogens is 418 g/mol. The van der Waals surface area contributed by atoms with E-state index in [0.29, 0.717) is 39.5 Å². The van der Waals surface area contributed by atoms with Crippen molar-refractivity contribution in [1.29, 1.82) is 0 Å².